The van der Waals surface area contributed by atoms with Gasteiger partial charge in [-0.1, -0.05) is 18.5 Å². The van der Waals surface area contributed by atoms with E-state index in [9.17, 15) is 13.2 Å². The summed E-state index contributed by atoms with van der Waals surface area (Å²) in [5, 5.41) is 9.05. The summed E-state index contributed by atoms with van der Waals surface area (Å²) >= 11 is 5.76. The zero-order valence-electron chi connectivity index (χ0n) is 11.0. The summed E-state index contributed by atoms with van der Waals surface area (Å²) in [5.41, 5.74) is -0.196. The fraction of sp³-hybridized carbons (Fsp3) is 0.462. The van der Waals surface area contributed by atoms with Crippen LogP contribution in [0.2, 0.25) is 5.02 Å². The van der Waals surface area contributed by atoms with Gasteiger partial charge in [0.05, 0.1) is 15.5 Å². The predicted molar refractivity (Wildman–Crippen MR) is 75.6 cm³/mol. The minimum atomic E-state index is -3.66. The third kappa shape index (κ3) is 2.97. The third-order valence-corrected chi connectivity index (χ3v) is 5.62. The molecule has 0 saturated carbocycles. The van der Waals surface area contributed by atoms with Crippen LogP contribution >= 0.6 is 11.6 Å². The van der Waals surface area contributed by atoms with Gasteiger partial charge in [0.15, 0.2) is 0 Å². The second-order valence-corrected chi connectivity index (χ2v) is 7.40. The Morgan fingerprint density at radius 3 is 2.75 bits per heavy atom. The van der Waals surface area contributed by atoms with E-state index in [0.29, 0.717) is 19.0 Å². The van der Waals surface area contributed by atoms with Gasteiger partial charge in [0.2, 0.25) is 10.0 Å². The van der Waals surface area contributed by atoms with E-state index in [1.54, 1.807) is 0 Å². The van der Waals surface area contributed by atoms with E-state index in [0.717, 1.165) is 18.9 Å². The van der Waals surface area contributed by atoms with Crippen LogP contribution in [0.15, 0.2) is 23.1 Å². The fourth-order valence-electron chi connectivity index (χ4n) is 2.34. The van der Waals surface area contributed by atoms with Gasteiger partial charge in [0.25, 0.3) is 0 Å². The van der Waals surface area contributed by atoms with Crippen LogP contribution in [0.3, 0.4) is 0 Å². The number of benzene rings is 1. The molecule has 0 unspecified atom stereocenters. The molecule has 0 bridgehead atoms. The number of sulfonamides is 1. The van der Waals surface area contributed by atoms with Crippen LogP contribution in [0, 0.1) is 5.92 Å². The van der Waals surface area contributed by atoms with Crippen molar-refractivity contribution in [2.75, 3.05) is 13.1 Å². The molecule has 2 rings (SSSR count). The topological polar surface area (TPSA) is 74.7 Å². The van der Waals surface area contributed by atoms with Crippen molar-refractivity contribution in [1.29, 1.82) is 0 Å². The lowest BCUT2D eigenvalue weighted by molar-refractivity contribution is 0.0697. The molecule has 1 heterocycles. The van der Waals surface area contributed by atoms with Crippen molar-refractivity contribution >= 4 is 27.6 Å². The average Bonchev–Trinajstić information content (AvgIpc) is 2.38. The minimum Gasteiger partial charge on any atom is -0.478 e. The van der Waals surface area contributed by atoms with Gasteiger partial charge < -0.3 is 5.11 Å². The highest BCUT2D eigenvalue weighted by atomic mass is 35.5. The normalized spacial score (nSPS) is 20.8. The third-order valence-electron chi connectivity index (χ3n) is 3.43. The highest BCUT2D eigenvalue weighted by Gasteiger charge is 2.29. The molecule has 0 aromatic heterocycles. The van der Waals surface area contributed by atoms with E-state index in [1.807, 2.05) is 6.92 Å². The Bertz CT molecular complexity index is 629. The van der Waals surface area contributed by atoms with Crippen molar-refractivity contribution in [2.45, 2.75) is 24.7 Å². The molecule has 1 N–H and O–H groups in total. The van der Waals surface area contributed by atoms with Gasteiger partial charge >= 0.3 is 5.97 Å². The molecule has 0 aliphatic carbocycles. The Labute approximate surface area is 123 Å². The number of halogens is 1. The van der Waals surface area contributed by atoms with Crippen LogP contribution in [-0.2, 0) is 10.0 Å². The van der Waals surface area contributed by atoms with Crippen LogP contribution in [-0.4, -0.2) is 36.9 Å². The van der Waals surface area contributed by atoms with Gasteiger partial charge in [-0.25, -0.2) is 13.2 Å². The number of rotatable bonds is 3. The molecular weight excluding hydrogens is 302 g/mol. The summed E-state index contributed by atoms with van der Waals surface area (Å²) < 4.78 is 26.4. The van der Waals surface area contributed by atoms with Gasteiger partial charge in [0.1, 0.15) is 0 Å². The van der Waals surface area contributed by atoms with Gasteiger partial charge in [-0.2, -0.15) is 4.31 Å². The molecule has 1 aliphatic heterocycles. The van der Waals surface area contributed by atoms with E-state index >= 15 is 0 Å². The number of hydrogen-bond acceptors (Lipinski definition) is 3. The van der Waals surface area contributed by atoms with Crippen molar-refractivity contribution in [3.63, 3.8) is 0 Å². The van der Waals surface area contributed by atoms with Crippen molar-refractivity contribution in [1.82, 2.24) is 4.31 Å². The van der Waals surface area contributed by atoms with Gasteiger partial charge in [-0.05, 0) is 37.0 Å². The molecular formula is C13H16ClNO4S. The number of piperidine rings is 1. The lowest BCUT2D eigenvalue weighted by Gasteiger charge is -2.30. The van der Waals surface area contributed by atoms with Crippen LogP contribution in [0.4, 0.5) is 0 Å². The summed E-state index contributed by atoms with van der Waals surface area (Å²) in [5.74, 6) is -0.927. The molecule has 1 saturated heterocycles. The van der Waals surface area contributed by atoms with Gasteiger partial charge in [0, 0.05) is 13.1 Å². The monoisotopic (exact) mass is 317 g/mol. The summed E-state index contributed by atoms with van der Waals surface area (Å²) in [6.07, 6.45) is 1.83. The summed E-state index contributed by atoms with van der Waals surface area (Å²) in [7, 11) is -3.66. The number of carboxylic acids is 1. The van der Waals surface area contributed by atoms with Crippen molar-refractivity contribution in [3.8, 4) is 0 Å². The second kappa shape index (κ2) is 5.71. The molecule has 1 aromatic rings. The number of hydrogen-bond donors (Lipinski definition) is 1. The molecule has 110 valence electrons. The first-order valence-electron chi connectivity index (χ1n) is 6.35. The summed E-state index contributed by atoms with van der Waals surface area (Å²) in [4.78, 5) is 11.0. The molecule has 1 aliphatic rings. The average molecular weight is 318 g/mol. The largest absolute Gasteiger partial charge is 0.478 e. The minimum absolute atomic E-state index is 0.0200. The molecule has 0 radical (unpaired) electrons. The Kier molecular flexibility index (Phi) is 4.36. The number of nitrogens with zero attached hydrogens (tertiary/aromatic N) is 1. The van der Waals surface area contributed by atoms with E-state index < -0.39 is 16.0 Å². The number of aromatic carboxylic acids is 1. The molecule has 7 heteroatoms. The predicted octanol–water partition coefficient (Wildman–Crippen LogP) is 2.46. The van der Waals surface area contributed by atoms with Crippen LogP contribution < -0.4 is 0 Å². The summed E-state index contributed by atoms with van der Waals surface area (Å²) in [6.45, 7) is 2.94. The fourth-order valence-corrected chi connectivity index (χ4v) is 4.17. The highest BCUT2D eigenvalue weighted by molar-refractivity contribution is 7.89. The van der Waals surface area contributed by atoms with E-state index in [2.05, 4.69) is 0 Å². The highest BCUT2D eigenvalue weighted by Crippen LogP contribution is 2.26. The van der Waals surface area contributed by atoms with Gasteiger partial charge in [-0.3, -0.25) is 0 Å². The second-order valence-electron chi connectivity index (χ2n) is 5.06. The SMILES string of the molecule is C[C@H]1CCCN(S(=O)(=O)c2ccc(Cl)c(C(=O)O)c2)C1. The van der Waals surface area contributed by atoms with Gasteiger partial charge in [-0.15, -0.1) is 0 Å². The van der Waals surface area contributed by atoms with E-state index in [-0.39, 0.29) is 15.5 Å². The molecule has 1 fully saturated rings. The Morgan fingerprint density at radius 2 is 2.15 bits per heavy atom. The van der Waals surface area contributed by atoms with Crippen molar-refractivity contribution < 1.29 is 18.3 Å². The Morgan fingerprint density at radius 1 is 1.45 bits per heavy atom. The molecule has 20 heavy (non-hydrogen) atoms. The quantitative estimate of drug-likeness (QED) is 0.929. The van der Waals surface area contributed by atoms with Crippen molar-refractivity contribution in [2.24, 2.45) is 5.92 Å². The van der Waals surface area contributed by atoms with Crippen LogP contribution in [0.1, 0.15) is 30.1 Å². The maximum Gasteiger partial charge on any atom is 0.337 e. The first kappa shape index (κ1) is 15.3. The molecule has 0 spiro atoms. The zero-order valence-corrected chi connectivity index (χ0v) is 12.6. The lowest BCUT2D eigenvalue weighted by Crippen LogP contribution is -2.39. The Balaban J connectivity index is 2.39. The standard InChI is InChI=1S/C13H16ClNO4S/c1-9-3-2-6-15(8-9)20(18,19)10-4-5-12(14)11(7-10)13(16)17/h4-5,7,9H,2-3,6,8H2,1H3,(H,16,17)/t9-/m0/s1. The first-order chi connectivity index (χ1) is 9.32. The zero-order chi connectivity index (χ0) is 14.9. The molecule has 1 atom stereocenters. The van der Waals surface area contributed by atoms with E-state index in [4.69, 9.17) is 16.7 Å². The maximum atomic E-state index is 12.5. The van der Waals surface area contributed by atoms with Crippen LogP contribution in [0.5, 0.6) is 0 Å². The van der Waals surface area contributed by atoms with Crippen LogP contribution in [0.25, 0.3) is 0 Å². The Hall–Kier alpha value is -1.11. The number of carbonyl (C=O) groups is 1. The smallest absolute Gasteiger partial charge is 0.337 e. The molecule has 1 aromatic carbocycles. The lowest BCUT2D eigenvalue weighted by atomic mass is 10.0. The number of carboxylic acid groups (broad SMARTS) is 1. The first-order valence-corrected chi connectivity index (χ1v) is 8.17. The van der Waals surface area contributed by atoms with Crippen molar-refractivity contribution in [3.05, 3.63) is 28.8 Å². The molecule has 0 amide bonds. The molecule has 5 nitrogen and oxygen atoms in total. The maximum absolute atomic E-state index is 12.5. The summed E-state index contributed by atoms with van der Waals surface area (Å²) in [6, 6.07) is 3.79. The van der Waals surface area contributed by atoms with E-state index in [1.165, 1.54) is 16.4 Å².